The summed E-state index contributed by atoms with van der Waals surface area (Å²) in [6.45, 7) is 0. The second kappa shape index (κ2) is 6.77. The molecular weight excluding hydrogens is 382 g/mol. The molecule has 1 fully saturated rings. The van der Waals surface area contributed by atoms with E-state index in [9.17, 15) is 22.8 Å². The zero-order chi connectivity index (χ0) is 19.1. The Labute approximate surface area is 154 Å². The van der Waals surface area contributed by atoms with Gasteiger partial charge in [-0.2, -0.15) is 0 Å². The zero-order valence-electron chi connectivity index (χ0n) is 13.7. The van der Waals surface area contributed by atoms with Crippen LogP contribution in [0.4, 0.5) is 0 Å². The van der Waals surface area contributed by atoms with Crippen molar-refractivity contribution >= 4 is 38.8 Å². The van der Waals surface area contributed by atoms with E-state index in [1.54, 1.807) is 0 Å². The molecule has 0 N–H and O–H groups in total. The van der Waals surface area contributed by atoms with E-state index in [2.05, 4.69) is 4.98 Å². The van der Waals surface area contributed by atoms with Gasteiger partial charge in [-0.25, -0.2) is 13.4 Å². The van der Waals surface area contributed by atoms with Crippen molar-refractivity contribution in [3.05, 3.63) is 35.3 Å². The Bertz CT molecular complexity index is 994. The number of ketones is 3. The average molecular weight is 396 g/mol. The maximum absolute atomic E-state index is 12.8. The van der Waals surface area contributed by atoms with Crippen LogP contribution in [0.2, 0.25) is 5.02 Å². The van der Waals surface area contributed by atoms with Crippen LogP contribution in [0.3, 0.4) is 0 Å². The molecule has 136 valence electrons. The molecule has 0 unspecified atom stereocenters. The minimum Gasteiger partial charge on any atom is -0.443 e. The third kappa shape index (κ3) is 3.22. The Kier molecular flexibility index (Phi) is 4.81. The molecule has 1 heterocycles. The van der Waals surface area contributed by atoms with Gasteiger partial charge in [0, 0.05) is 24.7 Å². The third-order valence-corrected chi connectivity index (χ3v) is 5.73. The van der Waals surface area contributed by atoms with E-state index in [1.807, 2.05) is 0 Å². The number of rotatable bonds is 4. The summed E-state index contributed by atoms with van der Waals surface area (Å²) < 4.78 is 29.3. The molecule has 3 rings (SSSR count). The van der Waals surface area contributed by atoms with Crippen molar-refractivity contribution in [3.8, 4) is 11.3 Å². The van der Waals surface area contributed by atoms with Crippen molar-refractivity contribution in [1.82, 2.24) is 4.98 Å². The molecule has 0 saturated heterocycles. The van der Waals surface area contributed by atoms with E-state index < -0.39 is 33.1 Å². The molecule has 2 aromatic rings. The van der Waals surface area contributed by atoms with Crippen LogP contribution in [0.25, 0.3) is 11.3 Å². The minimum atomic E-state index is -3.69. The Morgan fingerprint density at radius 1 is 1.23 bits per heavy atom. The summed E-state index contributed by atoms with van der Waals surface area (Å²) in [6.07, 6.45) is 4.08. The highest BCUT2D eigenvalue weighted by Gasteiger charge is 2.38. The molecular formula is C17H14ClNO6S. The number of oxazole rings is 1. The largest absolute Gasteiger partial charge is 0.443 e. The fourth-order valence-corrected chi connectivity index (χ4v) is 4.28. The topological polar surface area (TPSA) is 111 Å². The zero-order valence-corrected chi connectivity index (χ0v) is 15.3. The van der Waals surface area contributed by atoms with E-state index >= 15 is 0 Å². The van der Waals surface area contributed by atoms with Gasteiger partial charge in [0.15, 0.2) is 39.3 Å². The van der Waals surface area contributed by atoms with Crippen LogP contribution in [0.15, 0.2) is 34.0 Å². The van der Waals surface area contributed by atoms with E-state index in [-0.39, 0.29) is 39.6 Å². The molecule has 26 heavy (non-hydrogen) atoms. The number of Topliss-reactive ketones (excluding diaryl/α,β-unsaturated/α-hetero) is 3. The molecule has 1 aromatic carbocycles. The van der Waals surface area contributed by atoms with E-state index in [1.165, 1.54) is 18.3 Å². The van der Waals surface area contributed by atoms with E-state index in [0.717, 1.165) is 12.6 Å². The fourth-order valence-electron chi connectivity index (χ4n) is 2.98. The molecule has 7 nitrogen and oxygen atoms in total. The first kappa shape index (κ1) is 18.5. The number of sulfone groups is 1. The summed E-state index contributed by atoms with van der Waals surface area (Å²) in [6, 6.07) is 2.43. The lowest BCUT2D eigenvalue weighted by atomic mass is 9.81. The first-order valence-corrected chi connectivity index (χ1v) is 10.00. The predicted molar refractivity (Wildman–Crippen MR) is 91.7 cm³/mol. The molecule has 0 bridgehead atoms. The van der Waals surface area contributed by atoms with Gasteiger partial charge in [0.05, 0.1) is 21.7 Å². The SMILES string of the molecule is CS(=O)(=O)c1ccc(C(=O)C2C(=O)CCCC2=O)c(Cl)c1-c1cnco1. The molecule has 1 aliphatic carbocycles. The van der Waals surface area contributed by atoms with Crippen LogP contribution in [0.5, 0.6) is 0 Å². The first-order chi connectivity index (χ1) is 12.2. The van der Waals surface area contributed by atoms with Crippen LogP contribution in [0, 0.1) is 5.92 Å². The summed E-state index contributed by atoms with van der Waals surface area (Å²) in [5.74, 6) is -2.96. The molecule has 0 aliphatic heterocycles. The van der Waals surface area contributed by atoms with Crippen LogP contribution in [-0.2, 0) is 19.4 Å². The summed E-state index contributed by atoms with van der Waals surface area (Å²) in [5, 5.41) is -0.194. The van der Waals surface area contributed by atoms with E-state index in [0.29, 0.717) is 6.42 Å². The first-order valence-electron chi connectivity index (χ1n) is 7.73. The number of hydrogen-bond acceptors (Lipinski definition) is 7. The summed E-state index contributed by atoms with van der Waals surface area (Å²) in [4.78, 5) is 40.5. The molecule has 1 aliphatic rings. The summed E-state index contributed by atoms with van der Waals surface area (Å²) >= 11 is 6.33. The van der Waals surface area contributed by atoms with Crippen molar-refractivity contribution in [1.29, 1.82) is 0 Å². The molecule has 0 spiro atoms. The van der Waals surface area contributed by atoms with Gasteiger partial charge >= 0.3 is 0 Å². The van der Waals surface area contributed by atoms with Crippen molar-refractivity contribution in [2.45, 2.75) is 24.2 Å². The van der Waals surface area contributed by atoms with Gasteiger partial charge in [-0.1, -0.05) is 11.6 Å². The van der Waals surface area contributed by atoms with Crippen molar-refractivity contribution in [2.24, 2.45) is 5.92 Å². The smallest absolute Gasteiger partial charge is 0.182 e. The number of benzene rings is 1. The lowest BCUT2D eigenvalue weighted by Crippen LogP contribution is -2.35. The monoisotopic (exact) mass is 395 g/mol. The van der Waals surface area contributed by atoms with E-state index in [4.69, 9.17) is 16.0 Å². The van der Waals surface area contributed by atoms with Crippen molar-refractivity contribution < 1.29 is 27.2 Å². The maximum atomic E-state index is 12.8. The molecule has 0 amide bonds. The fraction of sp³-hybridized carbons (Fsp3) is 0.294. The number of carbonyl (C=O) groups is 3. The molecule has 0 atom stereocenters. The molecule has 1 saturated carbocycles. The van der Waals surface area contributed by atoms with Gasteiger partial charge in [0.2, 0.25) is 0 Å². The third-order valence-electron chi connectivity index (χ3n) is 4.20. The number of aromatic nitrogens is 1. The number of halogens is 1. The van der Waals surface area contributed by atoms with Crippen LogP contribution in [0.1, 0.15) is 29.6 Å². The van der Waals surface area contributed by atoms with Gasteiger partial charge in [-0.3, -0.25) is 14.4 Å². The second-order valence-corrected chi connectivity index (χ2v) is 8.38. The highest BCUT2D eigenvalue weighted by Crippen LogP contribution is 2.38. The standard InChI is InChI=1S/C17H14ClNO6S/c1-26(23,24)13-6-5-9(16(18)15(13)12-7-19-8-25-12)17(22)14-10(20)3-2-4-11(14)21/h5-8,14H,2-4H2,1H3. The van der Waals surface area contributed by atoms with Crippen LogP contribution in [-0.4, -0.2) is 37.0 Å². The highest BCUT2D eigenvalue weighted by molar-refractivity contribution is 7.90. The Hall–Kier alpha value is -2.32. The molecule has 1 aromatic heterocycles. The minimum absolute atomic E-state index is 0.0202. The Balaban J connectivity index is 2.18. The molecule has 0 radical (unpaired) electrons. The normalized spacial score (nSPS) is 16.1. The number of carbonyl (C=O) groups excluding carboxylic acids is 3. The van der Waals surface area contributed by atoms with Crippen molar-refractivity contribution in [3.63, 3.8) is 0 Å². The van der Waals surface area contributed by atoms with Gasteiger partial charge in [-0.05, 0) is 18.6 Å². The highest BCUT2D eigenvalue weighted by atomic mass is 35.5. The predicted octanol–water partition coefficient (Wildman–Crippen LogP) is 2.52. The van der Waals surface area contributed by atoms with Gasteiger partial charge in [0.1, 0.15) is 5.92 Å². The second-order valence-electron chi connectivity index (χ2n) is 6.02. The van der Waals surface area contributed by atoms with Crippen LogP contribution >= 0.6 is 11.6 Å². The number of hydrogen-bond donors (Lipinski definition) is 0. The number of nitrogens with zero attached hydrogens (tertiary/aromatic N) is 1. The summed E-state index contributed by atoms with van der Waals surface area (Å²) in [5.41, 5.74) is -0.118. The Morgan fingerprint density at radius 2 is 1.88 bits per heavy atom. The van der Waals surface area contributed by atoms with Crippen molar-refractivity contribution in [2.75, 3.05) is 6.26 Å². The lowest BCUT2D eigenvalue weighted by molar-refractivity contribution is -0.133. The Morgan fingerprint density at radius 3 is 2.42 bits per heavy atom. The lowest BCUT2D eigenvalue weighted by Gasteiger charge is -2.19. The maximum Gasteiger partial charge on any atom is 0.182 e. The quantitative estimate of drug-likeness (QED) is 0.577. The van der Waals surface area contributed by atoms with Crippen LogP contribution < -0.4 is 0 Å². The van der Waals surface area contributed by atoms with Gasteiger partial charge in [0.25, 0.3) is 0 Å². The average Bonchev–Trinajstić information content (AvgIpc) is 3.07. The molecule has 9 heteroatoms. The van der Waals surface area contributed by atoms with Gasteiger partial charge < -0.3 is 4.42 Å². The summed E-state index contributed by atoms with van der Waals surface area (Å²) in [7, 11) is -3.69. The van der Waals surface area contributed by atoms with Gasteiger partial charge in [-0.15, -0.1) is 0 Å².